The minimum Gasteiger partial charge on any atom is -0.394 e. The molecule has 0 bridgehead atoms. The summed E-state index contributed by atoms with van der Waals surface area (Å²) < 4.78 is 0. The van der Waals surface area contributed by atoms with Crippen LogP contribution in [-0.2, 0) is 4.79 Å². The van der Waals surface area contributed by atoms with Gasteiger partial charge in [-0.3, -0.25) is 4.79 Å². The molecule has 3 heteroatoms. The molecule has 0 aromatic carbocycles. The highest BCUT2D eigenvalue weighted by Crippen LogP contribution is 2.17. The van der Waals surface area contributed by atoms with E-state index in [2.05, 4.69) is 5.32 Å². The molecule has 0 fully saturated rings. The first-order chi connectivity index (χ1) is 6.27. The number of carbonyl (C=O) groups is 1. The van der Waals surface area contributed by atoms with E-state index in [0.717, 1.165) is 19.3 Å². The number of amides is 1. The van der Waals surface area contributed by atoms with Crippen molar-refractivity contribution in [2.24, 2.45) is 5.92 Å². The first-order valence-electron chi connectivity index (χ1n) is 4.84. The lowest BCUT2D eigenvalue weighted by Gasteiger charge is -2.16. The lowest BCUT2D eigenvalue weighted by atomic mass is 10.1. The SMILES string of the molecule is CC[C@H](CO)NC(=O)C1CC=CC1. The third-order valence-electron chi connectivity index (χ3n) is 2.44. The predicted molar refractivity (Wildman–Crippen MR) is 51.2 cm³/mol. The quantitative estimate of drug-likeness (QED) is 0.634. The monoisotopic (exact) mass is 183 g/mol. The minimum atomic E-state index is -0.0758. The van der Waals surface area contributed by atoms with E-state index < -0.39 is 0 Å². The second-order valence-electron chi connectivity index (χ2n) is 3.44. The fraction of sp³-hybridized carbons (Fsp3) is 0.700. The Hall–Kier alpha value is -0.830. The molecule has 0 aromatic heterocycles. The standard InChI is InChI=1S/C10H17NO2/c1-2-9(7-12)11-10(13)8-5-3-4-6-8/h3-4,8-9,12H,2,5-7H2,1H3,(H,11,13)/t9-/m1/s1. The van der Waals surface area contributed by atoms with Gasteiger partial charge in [-0.25, -0.2) is 0 Å². The molecule has 0 aliphatic heterocycles. The molecule has 1 atom stereocenters. The number of carbonyl (C=O) groups excluding carboxylic acids is 1. The predicted octanol–water partition coefficient (Wildman–Crippen LogP) is 0.840. The third-order valence-corrected chi connectivity index (χ3v) is 2.44. The van der Waals surface area contributed by atoms with Gasteiger partial charge in [0, 0.05) is 5.92 Å². The van der Waals surface area contributed by atoms with Crippen LogP contribution in [0.4, 0.5) is 0 Å². The molecule has 2 N–H and O–H groups in total. The highest BCUT2D eigenvalue weighted by molar-refractivity contribution is 5.79. The van der Waals surface area contributed by atoms with Crippen LogP contribution in [0.2, 0.25) is 0 Å². The van der Waals surface area contributed by atoms with Gasteiger partial charge in [0.2, 0.25) is 5.91 Å². The van der Waals surface area contributed by atoms with Crippen LogP contribution >= 0.6 is 0 Å². The van der Waals surface area contributed by atoms with E-state index in [1.165, 1.54) is 0 Å². The van der Waals surface area contributed by atoms with Gasteiger partial charge in [-0.1, -0.05) is 19.1 Å². The number of aliphatic hydroxyl groups is 1. The Morgan fingerprint density at radius 2 is 2.23 bits per heavy atom. The van der Waals surface area contributed by atoms with Gasteiger partial charge in [0.15, 0.2) is 0 Å². The van der Waals surface area contributed by atoms with Crippen LogP contribution in [0.5, 0.6) is 0 Å². The van der Waals surface area contributed by atoms with Crippen LogP contribution in [0.3, 0.4) is 0 Å². The van der Waals surface area contributed by atoms with Gasteiger partial charge in [0.05, 0.1) is 12.6 Å². The fourth-order valence-electron chi connectivity index (χ4n) is 1.43. The number of hydrogen-bond acceptors (Lipinski definition) is 2. The number of aliphatic hydroxyl groups excluding tert-OH is 1. The van der Waals surface area contributed by atoms with Crippen molar-refractivity contribution in [3.63, 3.8) is 0 Å². The maximum atomic E-state index is 11.5. The van der Waals surface area contributed by atoms with Gasteiger partial charge in [-0.2, -0.15) is 0 Å². The summed E-state index contributed by atoms with van der Waals surface area (Å²) in [5.41, 5.74) is 0. The van der Waals surface area contributed by atoms with E-state index in [-0.39, 0.29) is 24.5 Å². The smallest absolute Gasteiger partial charge is 0.224 e. The molecule has 0 spiro atoms. The Labute approximate surface area is 78.8 Å². The summed E-state index contributed by atoms with van der Waals surface area (Å²) >= 11 is 0. The van der Waals surface area contributed by atoms with Crippen molar-refractivity contribution in [2.45, 2.75) is 32.2 Å². The van der Waals surface area contributed by atoms with Gasteiger partial charge in [0.1, 0.15) is 0 Å². The molecule has 3 nitrogen and oxygen atoms in total. The molecule has 0 aromatic rings. The normalized spacial score (nSPS) is 18.9. The molecule has 0 heterocycles. The molecule has 0 saturated heterocycles. The highest BCUT2D eigenvalue weighted by atomic mass is 16.3. The van der Waals surface area contributed by atoms with Gasteiger partial charge < -0.3 is 10.4 Å². The van der Waals surface area contributed by atoms with Crippen LogP contribution < -0.4 is 5.32 Å². The van der Waals surface area contributed by atoms with Crippen molar-refractivity contribution >= 4 is 5.91 Å². The van der Waals surface area contributed by atoms with Crippen LogP contribution in [0, 0.1) is 5.92 Å². The Kier molecular flexibility index (Phi) is 3.96. The molecule has 1 aliphatic carbocycles. The largest absolute Gasteiger partial charge is 0.394 e. The van der Waals surface area contributed by atoms with E-state index in [1.807, 2.05) is 19.1 Å². The van der Waals surface area contributed by atoms with Gasteiger partial charge in [-0.15, -0.1) is 0 Å². The lowest BCUT2D eigenvalue weighted by Crippen LogP contribution is -2.40. The zero-order chi connectivity index (χ0) is 9.68. The molecule has 1 aliphatic rings. The number of rotatable bonds is 4. The molecule has 0 unspecified atom stereocenters. The van der Waals surface area contributed by atoms with E-state index in [1.54, 1.807) is 0 Å². The molecular weight excluding hydrogens is 166 g/mol. The Bertz CT molecular complexity index is 189. The summed E-state index contributed by atoms with van der Waals surface area (Å²) in [7, 11) is 0. The molecule has 0 saturated carbocycles. The van der Waals surface area contributed by atoms with E-state index >= 15 is 0 Å². The molecular formula is C10H17NO2. The van der Waals surface area contributed by atoms with E-state index in [4.69, 9.17) is 5.11 Å². The lowest BCUT2D eigenvalue weighted by molar-refractivity contribution is -0.125. The van der Waals surface area contributed by atoms with Crippen molar-refractivity contribution < 1.29 is 9.90 Å². The second-order valence-corrected chi connectivity index (χ2v) is 3.44. The molecule has 1 rings (SSSR count). The summed E-state index contributed by atoms with van der Waals surface area (Å²) in [4.78, 5) is 11.5. The Balaban J connectivity index is 2.31. The Morgan fingerprint density at radius 3 is 2.69 bits per heavy atom. The average molecular weight is 183 g/mol. The van der Waals surface area contributed by atoms with Gasteiger partial charge in [0.25, 0.3) is 0 Å². The van der Waals surface area contributed by atoms with Crippen LogP contribution in [0.15, 0.2) is 12.2 Å². The van der Waals surface area contributed by atoms with Crippen molar-refractivity contribution in [1.29, 1.82) is 0 Å². The summed E-state index contributed by atoms with van der Waals surface area (Å²) in [5, 5.41) is 11.7. The van der Waals surface area contributed by atoms with Crippen LogP contribution in [0.1, 0.15) is 26.2 Å². The summed E-state index contributed by atoms with van der Waals surface area (Å²) in [6, 6.07) is -0.0758. The molecule has 74 valence electrons. The molecule has 1 amide bonds. The number of allylic oxidation sites excluding steroid dienone is 2. The zero-order valence-electron chi connectivity index (χ0n) is 7.99. The topological polar surface area (TPSA) is 49.3 Å². The maximum Gasteiger partial charge on any atom is 0.224 e. The van der Waals surface area contributed by atoms with Crippen molar-refractivity contribution in [3.05, 3.63) is 12.2 Å². The Morgan fingerprint density at radius 1 is 1.62 bits per heavy atom. The average Bonchev–Trinajstić information content (AvgIpc) is 2.66. The minimum absolute atomic E-state index is 0.0301. The van der Waals surface area contributed by atoms with E-state index in [0.29, 0.717) is 0 Å². The third kappa shape index (κ3) is 2.84. The summed E-state index contributed by atoms with van der Waals surface area (Å²) in [6.45, 7) is 1.98. The van der Waals surface area contributed by atoms with Gasteiger partial charge in [-0.05, 0) is 19.3 Å². The highest BCUT2D eigenvalue weighted by Gasteiger charge is 2.20. The first kappa shape index (κ1) is 10.3. The first-order valence-corrected chi connectivity index (χ1v) is 4.84. The second kappa shape index (κ2) is 5.02. The summed E-state index contributed by atoms with van der Waals surface area (Å²) in [6.07, 6.45) is 6.53. The van der Waals surface area contributed by atoms with Crippen molar-refractivity contribution in [2.75, 3.05) is 6.61 Å². The number of hydrogen-bond donors (Lipinski definition) is 2. The number of nitrogens with one attached hydrogen (secondary N) is 1. The molecule has 13 heavy (non-hydrogen) atoms. The maximum absolute atomic E-state index is 11.5. The molecule has 0 radical (unpaired) electrons. The van der Waals surface area contributed by atoms with Crippen molar-refractivity contribution in [3.8, 4) is 0 Å². The summed E-state index contributed by atoms with van der Waals surface area (Å²) in [5.74, 6) is 0.173. The van der Waals surface area contributed by atoms with Gasteiger partial charge >= 0.3 is 0 Å². The fourth-order valence-corrected chi connectivity index (χ4v) is 1.43. The van der Waals surface area contributed by atoms with Crippen molar-refractivity contribution in [1.82, 2.24) is 5.32 Å². The van der Waals surface area contributed by atoms with Crippen LogP contribution in [0.25, 0.3) is 0 Å². The van der Waals surface area contributed by atoms with Crippen LogP contribution in [-0.4, -0.2) is 23.7 Å². The van der Waals surface area contributed by atoms with E-state index in [9.17, 15) is 4.79 Å². The zero-order valence-corrected chi connectivity index (χ0v) is 7.99.